The Bertz CT molecular complexity index is 1440. The predicted molar refractivity (Wildman–Crippen MR) is 123 cm³/mol. The molecule has 0 unspecified atom stereocenters. The maximum atomic E-state index is 13.4. The SMILES string of the molecule is C[C@@H]1CCN(C(=O)Nc2ccccc2C(F)(F)F)C[C@@H]1n1ccc(=O)c2cnc3[nH]ccc3c21. The maximum absolute atomic E-state index is 13.4. The standard InChI is InChI=1S/C24H22F3N5O2/c1-14-7-10-31(23(34)30-18-5-3-2-4-17(18)24(25,26)27)13-19(14)32-11-8-20(33)16-12-29-22-15(21(16)32)6-9-28-22/h2-6,8-9,11-12,14,19H,7,10,13H2,1H3,(H,28,29)(H,30,34)/t14-,19+/m1/s1. The average Bonchev–Trinajstić information content (AvgIpc) is 3.29. The Labute approximate surface area is 192 Å². The molecule has 1 aliphatic heterocycles. The molecule has 0 bridgehead atoms. The van der Waals surface area contributed by atoms with Gasteiger partial charge in [0.05, 0.1) is 28.2 Å². The lowest BCUT2D eigenvalue weighted by molar-refractivity contribution is -0.136. The van der Waals surface area contributed by atoms with Crippen molar-refractivity contribution < 1.29 is 18.0 Å². The van der Waals surface area contributed by atoms with Gasteiger partial charge >= 0.3 is 12.2 Å². The molecular formula is C24H22F3N5O2. The van der Waals surface area contributed by atoms with Crippen molar-refractivity contribution in [1.82, 2.24) is 19.4 Å². The van der Waals surface area contributed by atoms with Crippen LogP contribution in [0.4, 0.5) is 23.7 Å². The van der Waals surface area contributed by atoms with Gasteiger partial charge in [0.25, 0.3) is 0 Å². The van der Waals surface area contributed by atoms with E-state index >= 15 is 0 Å². The number of piperidine rings is 1. The summed E-state index contributed by atoms with van der Waals surface area (Å²) in [7, 11) is 0. The van der Waals surface area contributed by atoms with E-state index in [9.17, 15) is 22.8 Å². The first-order valence-corrected chi connectivity index (χ1v) is 10.9. The Morgan fingerprint density at radius 3 is 2.76 bits per heavy atom. The van der Waals surface area contributed by atoms with Crippen molar-refractivity contribution in [2.75, 3.05) is 18.4 Å². The Morgan fingerprint density at radius 1 is 1.18 bits per heavy atom. The van der Waals surface area contributed by atoms with Crippen molar-refractivity contribution >= 4 is 33.7 Å². The van der Waals surface area contributed by atoms with E-state index in [4.69, 9.17) is 0 Å². The zero-order valence-electron chi connectivity index (χ0n) is 18.3. The van der Waals surface area contributed by atoms with Gasteiger partial charge in [-0.3, -0.25) is 4.79 Å². The fourth-order valence-electron chi connectivity index (χ4n) is 4.67. The maximum Gasteiger partial charge on any atom is 0.418 e. The molecule has 4 heterocycles. The summed E-state index contributed by atoms with van der Waals surface area (Å²) >= 11 is 0. The third-order valence-electron chi connectivity index (χ3n) is 6.51. The minimum atomic E-state index is -4.58. The van der Waals surface area contributed by atoms with Gasteiger partial charge in [-0.2, -0.15) is 13.2 Å². The molecule has 4 aromatic rings. The molecule has 34 heavy (non-hydrogen) atoms. The first-order valence-electron chi connectivity index (χ1n) is 10.9. The minimum absolute atomic E-state index is 0.149. The number of hydrogen-bond acceptors (Lipinski definition) is 3. The molecule has 2 amide bonds. The van der Waals surface area contributed by atoms with E-state index in [2.05, 4.69) is 22.2 Å². The number of carbonyl (C=O) groups excluding carboxylic acids is 1. The van der Waals surface area contributed by atoms with Gasteiger partial charge < -0.3 is 19.8 Å². The van der Waals surface area contributed by atoms with Gasteiger partial charge in [0.2, 0.25) is 0 Å². The number of nitrogens with one attached hydrogen (secondary N) is 2. The number of halogens is 3. The number of pyridine rings is 2. The number of aromatic nitrogens is 3. The predicted octanol–water partition coefficient (Wildman–Crippen LogP) is 5.01. The van der Waals surface area contributed by atoms with E-state index in [-0.39, 0.29) is 29.6 Å². The van der Waals surface area contributed by atoms with Gasteiger partial charge in [0.1, 0.15) is 5.65 Å². The molecule has 1 fully saturated rings. The molecule has 7 nitrogen and oxygen atoms in total. The number of alkyl halides is 3. The van der Waals surface area contributed by atoms with Crippen LogP contribution in [-0.4, -0.2) is 38.6 Å². The van der Waals surface area contributed by atoms with Gasteiger partial charge in [0.15, 0.2) is 5.43 Å². The van der Waals surface area contributed by atoms with Crippen molar-refractivity contribution in [3.05, 3.63) is 70.8 Å². The van der Waals surface area contributed by atoms with Crippen LogP contribution < -0.4 is 10.7 Å². The number of nitrogens with zero attached hydrogens (tertiary/aromatic N) is 3. The molecular weight excluding hydrogens is 447 g/mol. The normalized spacial score (nSPS) is 19.0. The summed E-state index contributed by atoms with van der Waals surface area (Å²) in [4.78, 5) is 34.4. The van der Waals surface area contributed by atoms with Crippen molar-refractivity contribution in [3.8, 4) is 0 Å². The molecule has 0 aliphatic carbocycles. The number of anilines is 1. The first-order chi connectivity index (χ1) is 16.2. The molecule has 5 rings (SSSR count). The van der Waals surface area contributed by atoms with Gasteiger partial charge in [-0.15, -0.1) is 0 Å². The smallest absolute Gasteiger partial charge is 0.346 e. The third-order valence-corrected chi connectivity index (χ3v) is 6.51. The van der Waals surface area contributed by atoms with E-state index < -0.39 is 17.8 Å². The molecule has 0 spiro atoms. The molecule has 2 N–H and O–H groups in total. The highest BCUT2D eigenvalue weighted by atomic mass is 19.4. The number of hydrogen-bond donors (Lipinski definition) is 2. The molecule has 176 valence electrons. The topological polar surface area (TPSA) is 83.0 Å². The van der Waals surface area contributed by atoms with Gasteiger partial charge in [-0.25, -0.2) is 9.78 Å². The van der Waals surface area contributed by atoms with Gasteiger partial charge in [0, 0.05) is 43.1 Å². The lowest BCUT2D eigenvalue weighted by Crippen LogP contribution is -2.46. The zero-order chi connectivity index (χ0) is 24.0. The summed E-state index contributed by atoms with van der Waals surface area (Å²) in [6, 6.07) is 7.49. The van der Waals surface area contributed by atoms with Crippen LogP contribution in [0.5, 0.6) is 0 Å². The summed E-state index contributed by atoms with van der Waals surface area (Å²) in [6.45, 7) is 2.77. The fourth-order valence-corrected chi connectivity index (χ4v) is 4.67. The van der Waals surface area contributed by atoms with E-state index in [1.54, 1.807) is 18.6 Å². The monoisotopic (exact) mass is 469 g/mol. The van der Waals surface area contributed by atoms with Crippen molar-refractivity contribution in [2.45, 2.75) is 25.6 Å². The number of aromatic amines is 1. The molecule has 1 saturated heterocycles. The molecule has 10 heteroatoms. The summed E-state index contributed by atoms with van der Waals surface area (Å²) < 4.78 is 42.1. The van der Waals surface area contributed by atoms with E-state index in [1.807, 2.05) is 10.6 Å². The number of H-pyrrole nitrogens is 1. The van der Waals surface area contributed by atoms with Crippen molar-refractivity contribution in [2.24, 2.45) is 5.92 Å². The third kappa shape index (κ3) is 3.78. The zero-order valence-corrected chi connectivity index (χ0v) is 18.3. The number of rotatable bonds is 2. The van der Waals surface area contributed by atoms with E-state index in [0.29, 0.717) is 24.0 Å². The number of likely N-dealkylation sites (tertiary alicyclic amines) is 1. The Hall–Kier alpha value is -3.82. The van der Waals surface area contributed by atoms with Gasteiger partial charge in [-0.1, -0.05) is 19.1 Å². The van der Waals surface area contributed by atoms with Crippen LogP contribution in [0.3, 0.4) is 0 Å². The number of carbonyl (C=O) groups is 1. The largest absolute Gasteiger partial charge is 0.418 e. The highest BCUT2D eigenvalue weighted by Gasteiger charge is 2.35. The quantitative estimate of drug-likeness (QED) is 0.433. The van der Waals surface area contributed by atoms with Crippen molar-refractivity contribution in [1.29, 1.82) is 0 Å². The second kappa shape index (κ2) is 8.19. The number of urea groups is 1. The summed E-state index contributed by atoms with van der Waals surface area (Å²) in [5.74, 6) is 0.166. The summed E-state index contributed by atoms with van der Waals surface area (Å²) in [5.41, 5.74) is 0.0562. The average molecular weight is 469 g/mol. The fraction of sp³-hybridized carbons (Fsp3) is 0.292. The number of para-hydroxylation sites is 1. The molecule has 3 aromatic heterocycles. The number of fused-ring (bicyclic) bond motifs is 3. The Kier molecular flexibility index (Phi) is 5.30. The Balaban J connectivity index is 1.49. The van der Waals surface area contributed by atoms with Gasteiger partial charge in [-0.05, 0) is 30.5 Å². The van der Waals surface area contributed by atoms with Crippen LogP contribution in [0.2, 0.25) is 0 Å². The molecule has 0 saturated carbocycles. The first kappa shape index (κ1) is 22.0. The van der Waals surface area contributed by atoms with E-state index in [0.717, 1.165) is 17.0 Å². The van der Waals surface area contributed by atoms with Crippen LogP contribution in [-0.2, 0) is 6.18 Å². The van der Waals surface area contributed by atoms with Crippen LogP contribution in [0.1, 0.15) is 24.9 Å². The summed E-state index contributed by atoms with van der Waals surface area (Å²) in [6.07, 6.45) is 1.10. The summed E-state index contributed by atoms with van der Waals surface area (Å²) in [5, 5.41) is 3.71. The number of amides is 2. The Morgan fingerprint density at radius 2 is 1.97 bits per heavy atom. The van der Waals surface area contributed by atoms with Crippen molar-refractivity contribution in [3.63, 3.8) is 0 Å². The molecule has 1 aliphatic rings. The molecule has 2 atom stereocenters. The van der Waals surface area contributed by atoms with Crippen LogP contribution >= 0.6 is 0 Å². The molecule has 0 radical (unpaired) electrons. The lowest BCUT2D eigenvalue weighted by Gasteiger charge is -2.39. The van der Waals surface area contributed by atoms with Crippen LogP contribution in [0.15, 0.2) is 59.8 Å². The highest BCUT2D eigenvalue weighted by Crippen LogP contribution is 2.36. The number of benzene rings is 1. The lowest BCUT2D eigenvalue weighted by atomic mass is 9.92. The highest BCUT2D eigenvalue weighted by molar-refractivity contribution is 6.02. The van der Waals surface area contributed by atoms with Crippen LogP contribution in [0.25, 0.3) is 21.9 Å². The second-order valence-electron chi connectivity index (χ2n) is 8.60. The molecule has 1 aromatic carbocycles. The second-order valence-corrected chi connectivity index (χ2v) is 8.60. The van der Waals surface area contributed by atoms with E-state index in [1.165, 1.54) is 29.2 Å². The van der Waals surface area contributed by atoms with Crippen LogP contribution in [0, 0.1) is 5.92 Å². The minimum Gasteiger partial charge on any atom is -0.346 e.